The molecule has 1 aliphatic rings. The molecule has 84 valence electrons. The predicted molar refractivity (Wildman–Crippen MR) is 62.6 cm³/mol. The Morgan fingerprint density at radius 3 is 3.00 bits per heavy atom. The third-order valence-electron chi connectivity index (χ3n) is 2.58. The minimum atomic E-state index is -3.54. The molecule has 1 saturated heterocycles. The van der Waals surface area contributed by atoms with Crippen LogP contribution in [0.2, 0.25) is 0 Å². The topological polar surface area (TPSA) is 55.4 Å². The number of thiophene rings is 1. The number of rotatable bonds is 1. The SMILES string of the molecule is O=S1(=O)N[C@@H](c2cccc3sccc23)CO1. The first-order chi connectivity index (χ1) is 7.66. The van der Waals surface area contributed by atoms with Crippen LogP contribution < -0.4 is 4.72 Å². The molecule has 1 fully saturated rings. The third kappa shape index (κ3) is 1.63. The van der Waals surface area contributed by atoms with E-state index in [1.807, 2.05) is 29.6 Å². The fourth-order valence-electron chi connectivity index (χ4n) is 1.87. The van der Waals surface area contributed by atoms with Gasteiger partial charge in [-0.2, -0.15) is 13.1 Å². The highest BCUT2D eigenvalue weighted by Crippen LogP contribution is 2.30. The Kier molecular flexibility index (Phi) is 2.25. The molecule has 0 spiro atoms. The summed E-state index contributed by atoms with van der Waals surface area (Å²) in [6.45, 7) is 0.164. The van der Waals surface area contributed by atoms with E-state index >= 15 is 0 Å². The lowest BCUT2D eigenvalue weighted by Crippen LogP contribution is -2.19. The van der Waals surface area contributed by atoms with Crippen molar-refractivity contribution in [2.24, 2.45) is 0 Å². The number of fused-ring (bicyclic) bond motifs is 1. The Labute approximate surface area is 97.1 Å². The maximum Gasteiger partial charge on any atom is 0.336 e. The molecule has 2 aromatic rings. The molecule has 0 unspecified atom stereocenters. The molecular formula is C10H9NO3S2. The Balaban J connectivity index is 2.10. The van der Waals surface area contributed by atoms with Gasteiger partial charge in [0.15, 0.2) is 0 Å². The largest absolute Gasteiger partial charge is 0.336 e. The molecular weight excluding hydrogens is 246 g/mol. The summed E-state index contributed by atoms with van der Waals surface area (Å²) in [4.78, 5) is 0. The van der Waals surface area contributed by atoms with Crippen molar-refractivity contribution in [2.75, 3.05) is 6.61 Å². The van der Waals surface area contributed by atoms with E-state index in [9.17, 15) is 8.42 Å². The van der Waals surface area contributed by atoms with Crippen molar-refractivity contribution in [1.82, 2.24) is 4.72 Å². The van der Waals surface area contributed by atoms with Crippen LogP contribution >= 0.6 is 11.3 Å². The molecule has 16 heavy (non-hydrogen) atoms. The van der Waals surface area contributed by atoms with Gasteiger partial charge in [0.2, 0.25) is 0 Å². The van der Waals surface area contributed by atoms with Crippen LogP contribution in [-0.4, -0.2) is 15.0 Å². The lowest BCUT2D eigenvalue weighted by Gasteiger charge is -2.08. The first-order valence-corrected chi connectivity index (χ1v) is 7.07. The molecule has 1 atom stereocenters. The Morgan fingerprint density at radius 1 is 1.38 bits per heavy atom. The molecule has 1 aromatic carbocycles. The second-order valence-corrected chi connectivity index (χ2v) is 5.92. The summed E-state index contributed by atoms with van der Waals surface area (Å²) in [5.74, 6) is 0. The minimum Gasteiger partial charge on any atom is -0.256 e. The monoisotopic (exact) mass is 255 g/mol. The predicted octanol–water partition coefficient (Wildman–Crippen LogP) is 1.81. The zero-order valence-electron chi connectivity index (χ0n) is 8.21. The highest BCUT2D eigenvalue weighted by Gasteiger charge is 2.29. The van der Waals surface area contributed by atoms with Gasteiger partial charge >= 0.3 is 10.3 Å². The van der Waals surface area contributed by atoms with Crippen LogP contribution in [0.15, 0.2) is 29.6 Å². The van der Waals surface area contributed by atoms with E-state index in [1.54, 1.807) is 11.3 Å². The first-order valence-electron chi connectivity index (χ1n) is 4.78. The van der Waals surface area contributed by atoms with Crippen molar-refractivity contribution in [3.05, 3.63) is 35.2 Å². The van der Waals surface area contributed by atoms with Gasteiger partial charge in [0.05, 0.1) is 12.6 Å². The van der Waals surface area contributed by atoms with Gasteiger partial charge in [0.25, 0.3) is 0 Å². The van der Waals surface area contributed by atoms with E-state index in [4.69, 9.17) is 4.18 Å². The molecule has 1 N–H and O–H groups in total. The quantitative estimate of drug-likeness (QED) is 0.845. The molecule has 0 saturated carbocycles. The number of nitrogens with one attached hydrogen (secondary N) is 1. The van der Waals surface area contributed by atoms with Crippen LogP contribution in [-0.2, 0) is 14.5 Å². The van der Waals surface area contributed by atoms with Crippen molar-refractivity contribution >= 4 is 31.7 Å². The summed E-state index contributed by atoms with van der Waals surface area (Å²) in [6.07, 6.45) is 0. The summed E-state index contributed by atoms with van der Waals surface area (Å²) in [5, 5.41) is 3.09. The average Bonchev–Trinajstić information content (AvgIpc) is 2.83. The molecule has 1 aliphatic heterocycles. The first kappa shape index (κ1) is 10.2. The van der Waals surface area contributed by atoms with Crippen LogP contribution in [0.5, 0.6) is 0 Å². The van der Waals surface area contributed by atoms with Crippen molar-refractivity contribution in [1.29, 1.82) is 0 Å². The van der Waals surface area contributed by atoms with Crippen LogP contribution in [0, 0.1) is 0 Å². The Hall–Kier alpha value is -0.950. The lowest BCUT2D eigenvalue weighted by atomic mass is 10.0. The molecule has 2 heterocycles. The summed E-state index contributed by atoms with van der Waals surface area (Å²) < 4.78 is 30.7. The van der Waals surface area contributed by atoms with E-state index in [2.05, 4.69) is 4.72 Å². The zero-order valence-corrected chi connectivity index (χ0v) is 9.85. The van der Waals surface area contributed by atoms with Crippen molar-refractivity contribution < 1.29 is 12.6 Å². The minimum absolute atomic E-state index is 0.164. The molecule has 0 aliphatic carbocycles. The molecule has 3 rings (SSSR count). The Bertz CT molecular complexity index is 632. The van der Waals surface area contributed by atoms with E-state index in [0.29, 0.717) is 0 Å². The summed E-state index contributed by atoms with van der Waals surface area (Å²) in [5.41, 5.74) is 0.972. The number of hydrogen-bond acceptors (Lipinski definition) is 4. The molecule has 4 nitrogen and oxygen atoms in total. The lowest BCUT2D eigenvalue weighted by molar-refractivity contribution is 0.339. The normalized spacial score (nSPS) is 23.9. The van der Waals surface area contributed by atoms with Gasteiger partial charge in [-0.05, 0) is 28.5 Å². The maximum atomic E-state index is 11.2. The summed E-state index contributed by atoms with van der Waals surface area (Å²) in [7, 11) is -3.54. The van der Waals surface area contributed by atoms with Crippen molar-refractivity contribution in [2.45, 2.75) is 6.04 Å². The number of benzene rings is 1. The van der Waals surface area contributed by atoms with Gasteiger partial charge in [-0.3, -0.25) is 4.18 Å². The molecule has 1 aromatic heterocycles. The fraction of sp³-hybridized carbons (Fsp3) is 0.200. The maximum absolute atomic E-state index is 11.2. The Morgan fingerprint density at radius 2 is 2.25 bits per heavy atom. The van der Waals surface area contributed by atoms with Gasteiger partial charge in [0, 0.05) is 4.70 Å². The van der Waals surface area contributed by atoms with Crippen LogP contribution in [0.4, 0.5) is 0 Å². The van der Waals surface area contributed by atoms with Gasteiger partial charge in [-0.1, -0.05) is 12.1 Å². The molecule has 6 heteroatoms. The second kappa shape index (κ2) is 3.53. The summed E-state index contributed by atoms with van der Waals surface area (Å²) >= 11 is 1.64. The van der Waals surface area contributed by atoms with Crippen molar-refractivity contribution in [3.8, 4) is 0 Å². The standard InChI is InChI=1S/C10H9NO3S2/c12-16(13)11-9(6-14-16)7-2-1-3-10-8(7)4-5-15-10/h1-5,9,11H,6H2/t9-/m1/s1. The second-order valence-electron chi connectivity index (χ2n) is 3.59. The highest BCUT2D eigenvalue weighted by atomic mass is 32.2. The van der Waals surface area contributed by atoms with Gasteiger partial charge < -0.3 is 0 Å². The van der Waals surface area contributed by atoms with E-state index in [0.717, 1.165) is 15.6 Å². The van der Waals surface area contributed by atoms with Gasteiger partial charge in [0.1, 0.15) is 0 Å². The highest BCUT2D eigenvalue weighted by molar-refractivity contribution is 7.84. The smallest absolute Gasteiger partial charge is 0.256 e. The molecule has 0 radical (unpaired) electrons. The van der Waals surface area contributed by atoms with Gasteiger partial charge in [-0.15, -0.1) is 11.3 Å². The fourth-order valence-corrected chi connectivity index (χ4v) is 3.62. The van der Waals surface area contributed by atoms with Crippen LogP contribution in [0.25, 0.3) is 10.1 Å². The van der Waals surface area contributed by atoms with Crippen LogP contribution in [0.3, 0.4) is 0 Å². The summed E-state index contributed by atoms with van der Waals surface area (Å²) in [6, 6.07) is 7.61. The van der Waals surface area contributed by atoms with E-state index < -0.39 is 10.3 Å². The molecule has 0 amide bonds. The molecule has 0 bridgehead atoms. The third-order valence-corrected chi connectivity index (χ3v) is 4.48. The number of hydrogen-bond donors (Lipinski definition) is 1. The van der Waals surface area contributed by atoms with E-state index in [-0.39, 0.29) is 12.6 Å². The van der Waals surface area contributed by atoms with Gasteiger partial charge in [-0.25, -0.2) is 0 Å². The van der Waals surface area contributed by atoms with E-state index in [1.165, 1.54) is 0 Å². The average molecular weight is 255 g/mol. The zero-order chi connectivity index (χ0) is 11.2. The van der Waals surface area contributed by atoms with Crippen molar-refractivity contribution in [3.63, 3.8) is 0 Å². The van der Waals surface area contributed by atoms with Crippen LogP contribution in [0.1, 0.15) is 11.6 Å².